The molecule has 0 amide bonds. The second kappa shape index (κ2) is 6.21. The number of ether oxygens (including phenoxy) is 1. The first-order valence-corrected chi connectivity index (χ1v) is 5.98. The Bertz CT molecular complexity index is 649. The number of hydrogen-bond donors (Lipinski definition) is 2. The van der Waals surface area contributed by atoms with Gasteiger partial charge in [0.2, 0.25) is 0 Å². The summed E-state index contributed by atoms with van der Waals surface area (Å²) in [5.74, 6) is -0.737. The van der Waals surface area contributed by atoms with Crippen LogP contribution in [0, 0.1) is 5.82 Å². The molecule has 0 aliphatic rings. The predicted octanol–water partition coefficient (Wildman–Crippen LogP) is 2.55. The Hall–Kier alpha value is -2.34. The van der Waals surface area contributed by atoms with E-state index in [4.69, 9.17) is 27.3 Å². The summed E-state index contributed by atoms with van der Waals surface area (Å²) in [5.41, 5.74) is 6.33. The largest absolute Gasteiger partial charge is 0.486 e. The fourth-order valence-corrected chi connectivity index (χ4v) is 1.69. The maximum absolute atomic E-state index is 13.8. The van der Waals surface area contributed by atoms with Gasteiger partial charge in [-0.1, -0.05) is 16.8 Å². The van der Waals surface area contributed by atoms with Gasteiger partial charge < -0.3 is 15.7 Å². The first-order chi connectivity index (χ1) is 9.61. The van der Waals surface area contributed by atoms with Gasteiger partial charge in [0.05, 0.1) is 5.02 Å². The SMILES string of the molecule is N/C(=N/O)c1ccc(OCc2ccncc2Cl)c(F)c1. The Morgan fingerprint density at radius 2 is 2.25 bits per heavy atom. The Balaban J connectivity index is 2.13. The van der Waals surface area contributed by atoms with E-state index in [1.54, 1.807) is 12.3 Å². The number of halogens is 2. The van der Waals surface area contributed by atoms with E-state index in [0.29, 0.717) is 10.6 Å². The van der Waals surface area contributed by atoms with Crippen LogP contribution in [0.3, 0.4) is 0 Å². The zero-order chi connectivity index (χ0) is 14.5. The standard InChI is InChI=1S/C13H11ClFN3O2/c14-10-6-17-4-3-9(10)7-20-12-2-1-8(5-11(12)15)13(16)18-19/h1-6,19H,7H2,(H2,16,18). The van der Waals surface area contributed by atoms with Crippen LogP contribution in [0.5, 0.6) is 5.75 Å². The smallest absolute Gasteiger partial charge is 0.170 e. The summed E-state index contributed by atoms with van der Waals surface area (Å²) >= 11 is 5.92. The molecule has 2 rings (SSSR count). The highest BCUT2D eigenvalue weighted by Gasteiger charge is 2.08. The van der Waals surface area contributed by atoms with Crippen LogP contribution in [0.4, 0.5) is 4.39 Å². The summed E-state index contributed by atoms with van der Waals surface area (Å²) in [7, 11) is 0. The molecule has 0 spiro atoms. The molecule has 20 heavy (non-hydrogen) atoms. The van der Waals surface area contributed by atoms with Crippen LogP contribution in [0.2, 0.25) is 5.02 Å². The number of oxime groups is 1. The van der Waals surface area contributed by atoms with Gasteiger partial charge in [0.25, 0.3) is 0 Å². The lowest BCUT2D eigenvalue weighted by molar-refractivity contribution is 0.290. The van der Waals surface area contributed by atoms with Gasteiger partial charge >= 0.3 is 0 Å². The molecule has 0 atom stereocenters. The van der Waals surface area contributed by atoms with Crippen molar-refractivity contribution < 1.29 is 14.3 Å². The second-order valence-electron chi connectivity index (χ2n) is 3.89. The molecule has 0 fully saturated rings. The van der Waals surface area contributed by atoms with Gasteiger partial charge in [-0.25, -0.2) is 4.39 Å². The molecule has 0 saturated heterocycles. The molecule has 1 aromatic carbocycles. The zero-order valence-corrected chi connectivity index (χ0v) is 11.0. The predicted molar refractivity (Wildman–Crippen MR) is 72.5 cm³/mol. The summed E-state index contributed by atoms with van der Waals surface area (Å²) in [5, 5.41) is 11.8. The maximum atomic E-state index is 13.8. The number of pyridine rings is 1. The van der Waals surface area contributed by atoms with E-state index in [0.717, 1.165) is 6.07 Å². The molecule has 0 aliphatic heterocycles. The Kier molecular flexibility index (Phi) is 4.37. The van der Waals surface area contributed by atoms with E-state index in [1.165, 1.54) is 18.3 Å². The minimum Gasteiger partial charge on any atom is -0.486 e. The zero-order valence-electron chi connectivity index (χ0n) is 10.3. The first-order valence-electron chi connectivity index (χ1n) is 5.60. The number of amidine groups is 1. The van der Waals surface area contributed by atoms with Crippen LogP contribution in [0.25, 0.3) is 0 Å². The van der Waals surface area contributed by atoms with E-state index in [2.05, 4.69) is 10.1 Å². The van der Waals surface area contributed by atoms with Crippen molar-refractivity contribution >= 4 is 17.4 Å². The third kappa shape index (κ3) is 3.16. The maximum Gasteiger partial charge on any atom is 0.170 e. The lowest BCUT2D eigenvalue weighted by Crippen LogP contribution is -2.13. The third-order valence-corrected chi connectivity index (χ3v) is 2.92. The van der Waals surface area contributed by atoms with E-state index < -0.39 is 5.82 Å². The van der Waals surface area contributed by atoms with Crippen LogP contribution in [0.15, 0.2) is 41.8 Å². The van der Waals surface area contributed by atoms with Gasteiger partial charge in [-0.3, -0.25) is 4.98 Å². The summed E-state index contributed by atoms with van der Waals surface area (Å²) in [6.45, 7) is 0.112. The molecule has 1 aromatic heterocycles. The van der Waals surface area contributed by atoms with Crippen molar-refractivity contribution in [3.8, 4) is 5.75 Å². The lowest BCUT2D eigenvalue weighted by Gasteiger charge is -2.09. The molecular formula is C13H11ClFN3O2. The molecule has 2 aromatic rings. The molecule has 3 N–H and O–H groups in total. The van der Waals surface area contributed by atoms with Crippen LogP contribution < -0.4 is 10.5 Å². The van der Waals surface area contributed by atoms with E-state index in [1.807, 2.05) is 0 Å². The van der Waals surface area contributed by atoms with Crippen molar-refractivity contribution in [1.29, 1.82) is 0 Å². The van der Waals surface area contributed by atoms with Crippen LogP contribution in [-0.4, -0.2) is 16.0 Å². The van der Waals surface area contributed by atoms with Gasteiger partial charge in [0.15, 0.2) is 17.4 Å². The number of aromatic nitrogens is 1. The fraction of sp³-hybridized carbons (Fsp3) is 0.0769. The molecule has 0 unspecified atom stereocenters. The number of benzene rings is 1. The Morgan fingerprint density at radius 3 is 2.90 bits per heavy atom. The van der Waals surface area contributed by atoms with E-state index >= 15 is 0 Å². The number of nitrogens with zero attached hydrogens (tertiary/aromatic N) is 2. The van der Waals surface area contributed by atoms with Crippen molar-refractivity contribution in [2.24, 2.45) is 10.9 Å². The second-order valence-corrected chi connectivity index (χ2v) is 4.29. The molecule has 7 heteroatoms. The topological polar surface area (TPSA) is 80.7 Å². The summed E-state index contributed by atoms with van der Waals surface area (Å²) in [6.07, 6.45) is 3.06. The van der Waals surface area contributed by atoms with Crippen molar-refractivity contribution in [2.45, 2.75) is 6.61 Å². The molecule has 1 heterocycles. The van der Waals surface area contributed by atoms with Gasteiger partial charge in [0.1, 0.15) is 6.61 Å². The van der Waals surface area contributed by atoms with Crippen molar-refractivity contribution in [1.82, 2.24) is 4.98 Å². The molecule has 0 radical (unpaired) electrons. The van der Waals surface area contributed by atoms with Crippen LogP contribution >= 0.6 is 11.6 Å². The Labute approximate surface area is 119 Å². The van der Waals surface area contributed by atoms with Crippen molar-refractivity contribution in [3.05, 3.63) is 58.6 Å². The highest BCUT2D eigenvalue weighted by Crippen LogP contribution is 2.21. The minimum atomic E-state index is -0.612. The van der Waals surface area contributed by atoms with Crippen molar-refractivity contribution in [2.75, 3.05) is 0 Å². The van der Waals surface area contributed by atoms with Gasteiger partial charge in [-0.15, -0.1) is 0 Å². The highest BCUT2D eigenvalue weighted by molar-refractivity contribution is 6.31. The Morgan fingerprint density at radius 1 is 1.45 bits per heavy atom. The number of rotatable bonds is 4. The van der Waals surface area contributed by atoms with Gasteiger partial charge in [0, 0.05) is 23.5 Å². The van der Waals surface area contributed by atoms with E-state index in [9.17, 15) is 4.39 Å². The quantitative estimate of drug-likeness (QED) is 0.393. The average molecular weight is 296 g/mol. The summed E-state index contributed by atoms with van der Waals surface area (Å²) < 4.78 is 19.1. The highest BCUT2D eigenvalue weighted by atomic mass is 35.5. The average Bonchev–Trinajstić information content (AvgIpc) is 2.46. The first kappa shape index (κ1) is 14.1. The molecule has 0 aliphatic carbocycles. The third-order valence-electron chi connectivity index (χ3n) is 2.57. The van der Waals surface area contributed by atoms with Crippen LogP contribution in [0.1, 0.15) is 11.1 Å². The molecule has 5 nitrogen and oxygen atoms in total. The summed E-state index contributed by atoms with van der Waals surface area (Å²) in [4.78, 5) is 3.85. The molecule has 0 saturated carbocycles. The van der Waals surface area contributed by atoms with Gasteiger partial charge in [-0.05, 0) is 24.3 Å². The monoisotopic (exact) mass is 295 g/mol. The minimum absolute atomic E-state index is 0.0485. The van der Waals surface area contributed by atoms with Crippen LogP contribution in [-0.2, 0) is 6.61 Å². The van der Waals surface area contributed by atoms with Gasteiger partial charge in [-0.2, -0.15) is 0 Å². The summed E-state index contributed by atoms with van der Waals surface area (Å²) in [6, 6.07) is 5.70. The lowest BCUT2D eigenvalue weighted by atomic mass is 10.2. The van der Waals surface area contributed by atoms with Crippen molar-refractivity contribution in [3.63, 3.8) is 0 Å². The van der Waals surface area contributed by atoms with E-state index in [-0.39, 0.29) is 23.8 Å². The number of hydrogen-bond acceptors (Lipinski definition) is 4. The molecule has 104 valence electrons. The molecule has 0 bridgehead atoms. The normalized spacial score (nSPS) is 11.4. The molecular weight excluding hydrogens is 285 g/mol. The fourth-order valence-electron chi connectivity index (χ4n) is 1.51. The number of nitrogens with two attached hydrogens (primary N) is 1.